The number of likely N-dealkylation sites (tertiary alicyclic amines) is 2. The van der Waals surface area contributed by atoms with Crippen molar-refractivity contribution in [3.8, 4) is 11.5 Å². The Morgan fingerprint density at radius 3 is 1.24 bits per heavy atom. The average Bonchev–Trinajstić information content (AvgIpc) is 1.72. The van der Waals surface area contributed by atoms with Crippen LogP contribution in [-0.2, 0) is 42.1 Å². The van der Waals surface area contributed by atoms with Gasteiger partial charge in [0.2, 0.25) is 11.8 Å². The van der Waals surface area contributed by atoms with Crippen LogP contribution in [0.2, 0.25) is 0 Å². The summed E-state index contributed by atoms with van der Waals surface area (Å²) in [5, 5.41) is 8.77. The molecule has 18 nitrogen and oxygen atoms in total. The molecule has 1 spiro atoms. The lowest BCUT2D eigenvalue weighted by Crippen LogP contribution is -2.49. The fourth-order valence-electron chi connectivity index (χ4n) is 14.7. The van der Waals surface area contributed by atoms with E-state index in [1.54, 1.807) is 34.8 Å². The number of amides is 2. The second-order valence-corrected chi connectivity index (χ2v) is 28.9. The number of piperidine rings is 2. The first-order valence-corrected chi connectivity index (χ1v) is 37.5. The summed E-state index contributed by atoms with van der Waals surface area (Å²) in [6, 6.07) is 35.6. The van der Waals surface area contributed by atoms with Crippen LogP contribution in [-0.4, -0.2) is 157 Å². The van der Waals surface area contributed by atoms with Crippen molar-refractivity contribution in [2.45, 2.75) is 142 Å². The van der Waals surface area contributed by atoms with Crippen molar-refractivity contribution >= 4 is 99.8 Å². The maximum atomic E-state index is 13.3. The molecule has 516 valence electrons. The third-order valence-electron chi connectivity index (χ3n) is 20.7. The second kappa shape index (κ2) is 34.1. The lowest BCUT2D eigenvalue weighted by atomic mass is 9.71. The highest BCUT2D eigenvalue weighted by Crippen LogP contribution is 2.42. The SMILES string of the molecule is O=C(CCCCCCC(=O)N1CCC2(CC1)CCN(C(=O)CCCCCCC(=O)OCn1c(=O)ccc3ccc(OCCCCN4CCN(c5cccc6sccc56)CC4)cc31)CC2)OCn1c(=O)ccc2ccc(OCCCCN3CCN(c4cccc5sccc45)CC3)cc21. The molecule has 8 heterocycles. The largest absolute Gasteiger partial charge is 0.494 e. The number of aromatic nitrogens is 2. The van der Waals surface area contributed by atoms with Gasteiger partial charge in [-0.1, -0.05) is 37.8 Å². The molecule has 20 heteroatoms. The van der Waals surface area contributed by atoms with Crippen LogP contribution in [0.25, 0.3) is 42.0 Å². The van der Waals surface area contributed by atoms with Gasteiger partial charge in [0.15, 0.2) is 13.5 Å². The Balaban J connectivity index is 0.463. The maximum absolute atomic E-state index is 13.3. The van der Waals surface area contributed by atoms with Crippen molar-refractivity contribution in [3.63, 3.8) is 0 Å². The van der Waals surface area contributed by atoms with Gasteiger partial charge in [-0.25, -0.2) is 0 Å². The monoisotopic (exact) mass is 1360 g/mol. The van der Waals surface area contributed by atoms with E-state index in [1.807, 2.05) is 46.2 Å². The van der Waals surface area contributed by atoms with Crippen molar-refractivity contribution in [2.24, 2.45) is 5.41 Å². The zero-order chi connectivity index (χ0) is 66.8. The smallest absolute Gasteiger partial charge is 0.307 e. The summed E-state index contributed by atoms with van der Waals surface area (Å²) in [5.74, 6) is 1.03. The van der Waals surface area contributed by atoms with Crippen LogP contribution >= 0.6 is 22.7 Å². The zero-order valence-electron chi connectivity index (χ0n) is 56.4. The average molecular weight is 1360 g/mol. The van der Waals surface area contributed by atoms with Crippen LogP contribution in [0.1, 0.15) is 128 Å². The number of thiophene rings is 2. The number of carbonyl (C=O) groups is 4. The predicted octanol–water partition coefficient (Wildman–Crippen LogP) is 13.3. The number of pyridine rings is 2. The Bertz CT molecular complexity index is 3790. The van der Waals surface area contributed by atoms with Crippen LogP contribution in [0.5, 0.6) is 11.5 Å². The molecule has 4 aliphatic rings. The topological polar surface area (TPSA) is 169 Å². The quantitative estimate of drug-likeness (QED) is 0.0288. The molecule has 0 unspecified atom stereocenters. The van der Waals surface area contributed by atoms with Gasteiger partial charge in [-0.2, -0.15) is 0 Å². The van der Waals surface area contributed by atoms with E-state index < -0.39 is 0 Å². The normalized spacial score (nSPS) is 16.2. The molecule has 4 saturated heterocycles. The minimum Gasteiger partial charge on any atom is -0.494 e. The van der Waals surface area contributed by atoms with Crippen LogP contribution < -0.4 is 30.4 Å². The van der Waals surface area contributed by atoms with E-state index in [0.717, 1.165) is 192 Å². The van der Waals surface area contributed by atoms with E-state index in [9.17, 15) is 28.8 Å². The van der Waals surface area contributed by atoms with Crippen molar-refractivity contribution in [1.82, 2.24) is 28.7 Å². The Morgan fingerprint density at radius 1 is 0.412 bits per heavy atom. The Morgan fingerprint density at radius 2 is 0.814 bits per heavy atom. The predicted molar refractivity (Wildman–Crippen MR) is 388 cm³/mol. The summed E-state index contributed by atoms with van der Waals surface area (Å²) >= 11 is 3.59. The molecule has 4 aliphatic heterocycles. The van der Waals surface area contributed by atoms with E-state index in [0.29, 0.717) is 61.4 Å². The van der Waals surface area contributed by atoms with Gasteiger partial charge in [0.05, 0.1) is 24.2 Å². The lowest BCUT2D eigenvalue weighted by molar-refractivity contribution is -0.148. The van der Waals surface area contributed by atoms with Gasteiger partial charge >= 0.3 is 11.9 Å². The van der Waals surface area contributed by atoms with E-state index in [2.05, 4.69) is 78.9 Å². The number of ether oxygens (including phenoxy) is 4. The highest BCUT2D eigenvalue weighted by molar-refractivity contribution is 7.17. The molecular formula is C77H96N8O10S2. The summed E-state index contributed by atoms with van der Waals surface area (Å²) in [6.07, 6.45) is 15.4. The standard InChI is InChI=1S/C77H96N8O10S2/c86-71(19-5-1-3-7-21-75(90)94-57-84-67-55-61(27-23-59(67)25-29-73(84)88)92-51-11-9-37-78-43-47-80(48-44-78)65-15-13-17-69-63(65)31-53-96-69)82-39-33-77(34-40-82)35-41-83(42-36-77)72(87)20-6-2-4-8-22-76(91)95-58-85-68-56-62(28-24-60(68)26-30-74(85)89)93-52-12-10-38-79-45-49-81(50-46-79)66-16-14-18-70-64(66)32-54-97-70/h13-18,23-32,53-56H,1-12,19-22,33-52,57-58H2. The summed E-state index contributed by atoms with van der Waals surface area (Å²) in [4.78, 5) is 92.4. The fraction of sp³-hybridized carbons (Fsp3) is 0.506. The molecule has 4 aromatic carbocycles. The summed E-state index contributed by atoms with van der Waals surface area (Å²) in [7, 11) is 0. The summed E-state index contributed by atoms with van der Waals surface area (Å²) in [6.45, 7) is 14.2. The molecule has 97 heavy (non-hydrogen) atoms. The van der Waals surface area contributed by atoms with Crippen LogP contribution in [0.4, 0.5) is 11.4 Å². The first-order chi connectivity index (χ1) is 47.5. The molecule has 4 fully saturated rings. The first kappa shape index (κ1) is 69.1. The third kappa shape index (κ3) is 18.5. The highest BCUT2D eigenvalue weighted by atomic mass is 32.1. The van der Waals surface area contributed by atoms with Gasteiger partial charge in [0.25, 0.3) is 11.1 Å². The molecule has 0 radical (unpaired) electrons. The van der Waals surface area contributed by atoms with Crippen molar-refractivity contribution in [1.29, 1.82) is 0 Å². The molecule has 0 N–H and O–H groups in total. The van der Waals surface area contributed by atoms with Gasteiger partial charge in [-0.15, -0.1) is 22.7 Å². The molecule has 4 aromatic heterocycles. The van der Waals surface area contributed by atoms with E-state index in [1.165, 1.54) is 52.8 Å². The van der Waals surface area contributed by atoms with Gasteiger partial charge in [0.1, 0.15) is 11.5 Å². The minimum atomic E-state index is -0.353. The Kier molecular flexibility index (Phi) is 24.3. The van der Waals surface area contributed by atoms with Crippen LogP contribution in [0, 0.1) is 5.41 Å². The summed E-state index contributed by atoms with van der Waals surface area (Å²) < 4.78 is 29.2. The molecule has 0 saturated carbocycles. The first-order valence-electron chi connectivity index (χ1n) is 35.8. The highest BCUT2D eigenvalue weighted by Gasteiger charge is 2.39. The van der Waals surface area contributed by atoms with Crippen LogP contribution in [0.15, 0.2) is 130 Å². The number of esters is 2. The maximum Gasteiger partial charge on any atom is 0.307 e. The van der Waals surface area contributed by atoms with Gasteiger partial charge in [0, 0.05) is 160 Å². The number of hydrogen-bond acceptors (Lipinski definition) is 16. The number of anilines is 2. The minimum absolute atomic E-state index is 0.169. The molecule has 8 aromatic rings. The number of carbonyl (C=O) groups excluding carboxylic acids is 4. The molecular weight excluding hydrogens is 1260 g/mol. The number of nitrogens with zero attached hydrogens (tertiary/aromatic N) is 8. The number of piperazine rings is 2. The second-order valence-electron chi connectivity index (χ2n) is 27.0. The van der Waals surface area contributed by atoms with Crippen molar-refractivity contribution in [3.05, 3.63) is 141 Å². The lowest BCUT2D eigenvalue weighted by Gasteiger charge is -2.47. The van der Waals surface area contributed by atoms with Crippen molar-refractivity contribution in [2.75, 3.05) is 115 Å². The van der Waals surface area contributed by atoms with Gasteiger partial charge in [-0.3, -0.25) is 47.7 Å². The number of benzene rings is 4. The van der Waals surface area contributed by atoms with Crippen molar-refractivity contribution < 1.29 is 38.1 Å². The Labute approximate surface area is 577 Å². The fourth-order valence-corrected chi connectivity index (χ4v) is 16.3. The molecule has 0 aliphatic carbocycles. The molecule has 2 amide bonds. The van der Waals surface area contributed by atoms with Gasteiger partial charge in [-0.05, 0) is 190 Å². The molecule has 12 rings (SSSR count). The summed E-state index contributed by atoms with van der Waals surface area (Å²) in [5.41, 5.74) is 3.68. The molecule has 0 bridgehead atoms. The van der Waals surface area contributed by atoms with E-state index in [-0.39, 0.29) is 66.6 Å². The third-order valence-corrected chi connectivity index (χ3v) is 22.4. The van der Waals surface area contributed by atoms with E-state index in [4.69, 9.17) is 18.9 Å². The van der Waals surface area contributed by atoms with E-state index >= 15 is 0 Å². The number of unbranched alkanes of at least 4 members (excludes halogenated alkanes) is 8. The zero-order valence-corrected chi connectivity index (χ0v) is 58.0. The number of fused-ring (bicyclic) bond motifs is 4. The Hall–Kier alpha value is -7.78. The van der Waals surface area contributed by atoms with Gasteiger partial charge < -0.3 is 38.5 Å². The number of rotatable bonds is 32. The number of hydrogen-bond donors (Lipinski definition) is 0. The van der Waals surface area contributed by atoms with Crippen LogP contribution in [0.3, 0.4) is 0 Å². The molecule has 0 atom stereocenters.